The van der Waals surface area contributed by atoms with Gasteiger partial charge in [-0.3, -0.25) is 4.98 Å². The molecule has 0 aliphatic carbocycles. The molecule has 6 heteroatoms. The molecule has 6 nitrogen and oxygen atoms in total. The number of nitrogens with zero attached hydrogens (tertiary/aromatic N) is 5. The molecule has 0 atom stereocenters. The first-order valence-electron chi connectivity index (χ1n) is 7.96. The maximum atomic E-state index is 5.48. The van der Waals surface area contributed by atoms with Crippen molar-refractivity contribution in [1.82, 2.24) is 24.6 Å². The van der Waals surface area contributed by atoms with E-state index >= 15 is 0 Å². The number of fused-ring (bicyclic) bond motifs is 2. The Kier molecular flexibility index (Phi) is 3.65. The summed E-state index contributed by atoms with van der Waals surface area (Å²) in [7, 11) is 1.66. The van der Waals surface area contributed by atoms with Crippen LogP contribution in [-0.2, 0) is 0 Å². The number of methoxy groups -OCH3 is 1. The van der Waals surface area contributed by atoms with Gasteiger partial charge in [0.15, 0.2) is 11.5 Å². The summed E-state index contributed by atoms with van der Waals surface area (Å²) < 4.78 is 7.28. The number of ether oxygens (including phenoxy) is 1. The molecule has 0 fully saturated rings. The molecule has 0 N–H and O–H groups in total. The number of para-hydroxylation sites is 1. The summed E-state index contributed by atoms with van der Waals surface area (Å²) in [6, 6.07) is 9.81. The van der Waals surface area contributed by atoms with E-state index in [4.69, 9.17) is 4.74 Å². The van der Waals surface area contributed by atoms with Gasteiger partial charge in [-0.25, -0.2) is 14.5 Å². The van der Waals surface area contributed by atoms with Crippen LogP contribution in [0.1, 0.15) is 22.9 Å². The van der Waals surface area contributed by atoms with Gasteiger partial charge in [-0.15, -0.1) is 5.10 Å². The second kappa shape index (κ2) is 5.98. The lowest BCUT2D eigenvalue weighted by molar-refractivity contribution is 0.419. The standard InChI is InChI=1S/C19H17N5O/c1-12-11-20-13(2)19-22-18(23-24(12)19)9-8-14-10-17(25-3)15-6-4-5-7-16(15)21-14/h4-11H,1-3H3. The van der Waals surface area contributed by atoms with Crippen LogP contribution in [0.2, 0.25) is 0 Å². The van der Waals surface area contributed by atoms with E-state index in [2.05, 4.69) is 20.1 Å². The highest BCUT2D eigenvalue weighted by Gasteiger charge is 2.08. The summed E-state index contributed by atoms with van der Waals surface area (Å²) >= 11 is 0. The van der Waals surface area contributed by atoms with Gasteiger partial charge >= 0.3 is 0 Å². The van der Waals surface area contributed by atoms with Gasteiger partial charge in [0.1, 0.15) is 5.75 Å². The largest absolute Gasteiger partial charge is 0.496 e. The maximum Gasteiger partial charge on any atom is 0.177 e. The van der Waals surface area contributed by atoms with Crippen LogP contribution in [0.5, 0.6) is 5.75 Å². The smallest absolute Gasteiger partial charge is 0.177 e. The molecule has 0 radical (unpaired) electrons. The van der Waals surface area contributed by atoms with Gasteiger partial charge in [-0.2, -0.15) is 0 Å². The lowest BCUT2D eigenvalue weighted by Crippen LogP contribution is -1.97. The molecule has 0 unspecified atom stereocenters. The molecular weight excluding hydrogens is 314 g/mol. The Hall–Kier alpha value is -3.28. The molecule has 0 bridgehead atoms. The Balaban J connectivity index is 1.76. The number of benzene rings is 1. The molecule has 1 aromatic carbocycles. The van der Waals surface area contributed by atoms with Crippen LogP contribution in [0.15, 0.2) is 36.5 Å². The van der Waals surface area contributed by atoms with Crippen LogP contribution in [0.4, 0.5) is 0 Å². The third kappa shape index (κ3) is 2.71. The first-order valence-corrected chi connectivity index (χ1v) is 7.96. The topological polar surface area (TPSA) is 65.2 Å². The minimum atomic E-state index is 0.619. The van der Waals surface area contributed by atoms with E-state index in [0.717, 1.165) is 39.4 Å². The van der Waals surface area contributed by atoms with Gasteiger partial charge in [0.25, 0.3) is 0 Å². The molecule has 0 aliphatic heterocycles. The van der Waals surface area contributed by atoms with Crippen LogP contribution in [0.3, 0.4) is 0 Å². The summed E-state index contributed by atoms with van der Waals surface area (Å²) in [4.78, 5) is 13.5. The molecule has 0 aliphatic rings. The van der Waals surface area contributed by atoms with Crippen molar-refractivity contribution < 1.29 is 4.74 Å². The molecule has 0 spiro atoms. The van der Waals surface area contributed by atoms with Crippen molar-refractivity contribution in [3.05, 3.63) is 59.4 Å². The zero-order valence-corrected chi connectivity index (χ0v) is 14.3. The monoisotopic (exact) mass is 331 g/mol. The second-order valence-corrected chi connectivity index (χ2v) is 5.79. The third-order valence-electron chi connectivity index (χ3n) is 4.05. The van der Waals surface area contributed by atoms with Gasteiger partial charge in [-0.1, -0.05) is 12.1 Å². The van der Waals surface area contributed by atoms with Gasteiger partial charge < -0.3 is 4.74 Å². The third-order valence-corrected chi connectivity index (χ3v) is 4.05. The van der Waals surface area contributed by atoms with Gasteiger partial charge in [0, 0.05) is 17.6 Å². The number of rotatable bonds is 3. The Morgan fingerprint density at radius 2 is 1.92 bits per heavy atom. The first kappa shape index (κ1) is 15.3. The fourth-order valence-electron chi connectivity index (χ4n) is 2.76. The number of aryl methyl sites for hydroxylation is 2. The van der Waals surface area contributed by atoms with Crippen molar-refractivity contribution in [1.29, 1.82) is 0 Å². The highest BCUT2D eigenvalue weighted by molar-refractivity contribution is 5.86. The quantitative estimate of drug-likeness (QED) is 0.575. The first-order chi connectivity index (χ1) is 12.2. The fraction of sp³-hybridized carbons (Fsp3) is 0.158. The van der Waals surface area contributed by atoms with Gasteiger partial charge in [0.2, 0.25) is 0 Å². The van der Waals surface area contributed by atoms with Crippen molar-refractivity contribution in [2.45, 2.75) is 13.8 Å². The maximum absolute atomic E-state index is 5.48. The summed E-state index contributed by atoms with van der Waals surface area (Å²) in [6.45, 7) is 3.88. The van der Waals surface area contributed by atoms with Crippen molar-refractivity contribution in [3.63, 3.8) is 0 Å². The summed E-state index contributed by atoms with van der Waals surface area (Å²) in [5.74, 6) is 1.41. The molecule has 25 heavy (non-hydrogen) atoms. The molecule has 4 aromatic rings. The van der Waals surface area contributed by atoms with Crippen molar-refractivity contribution in [2.75, 3.05) is 7.11 Å². The molecule has 0 amide bonds. The summed E-state index contributed by atoms with van der Waals surface area (Å²) in [6.07, 6.45) is 5.53. The van der Waals surface area contributed by atoms with Crippen LogP contribution >= 0.6 is 0 Å². The Morgan fingerprint density at radius 3 is 2.72 bits per heavy atom. The molecule has 0 saturated carbocycles. The van der Waals surface area contributed by atoms with Crippen LogP contribution in [0, 0.1) is 13.8 Å². The van der Waals surface area contributed by atoms with Crippen molar-refractivity contribution in [3.8, 4) is 5.75 Å². The van der Waals surface area contributed by atoms with E-state index in [1.807, 2.05) is 56.3 Å². The SMILES string of the molecule is COc1cc(C=Cc2nc3c(C)ncc(C)n3n2)nc2ccccc12. The molecule has 0 saturated heterocycles. The van der Waals surface area contributed by atoms with E-state index in [1.165, 1.54) is 0 Å². The average molecular weight is 331 g/mol. The molecule has 124 valence electrons. The van der Waals surface area contributed by atoms with E-state index < -0.39 is 0 Å². The lowest BCUT2D eigenvalue weighted by atomic mass is 10.1. The molecular formula is C19H17N5O. The fourth-order valence-corrected chi connectivity index (χ4v) is 2.76. The Morgan fingerprint density at radius 1 is 1.08 bits per heavy atom. The Bertz CT molecular complexity index is 1070. The number of hydrogen-bond acceptors (Lipinski definition) is 5. The van der Waals surface area contributed by atoms with Crippen molar-refractivity contribution in [2.24, 2.45) is 0 Å². The minimum absolute atomic E-state index is 0.619. The zero-order valence-electron chi connectivity index (χ0n) is 14.3. The van der Waals surface area contributed by atoms with E-state index in [9.17, 15) is 0 Å². The van der Waals surface area contributed by atoms with Gasteiger partial charge in [0.05, 0.1) is 29.7 Å². The van der Waals surface area contributed by atoms with Crippen LogP contribution < -0.4 is 4.74 Å². The normalized spacial score (nSPS) is 11.6. The van der Waals surface area contributed by atoms with Crippen LogP contribution in [-0.4, -0.2) is 31.7 Å². The predicted octanol–water partition coefficient (Wildman–Crippen LogP) is 3.47. The average Bonchev–Trinajstić information content (AvgIpc) is 3.08. The number of pyridine rings is 1. The van der Waals surface area contributed by atoms with Crippen molar-refractivity contribution >= 4 is 28.7 Å². The van der Waals surface area contributed by atoms with E-state index in [-0.39, 0.29) is 0 Å². The molecule has 4 rings (SSSR count). The molecule has 3 heterocycles. The zero-order chi connectivity index (χ0) is 17.4. The number of hydrogen-bond donors (Lipinski definition) is 0. The molecule has 3 aromatic heterocycles. The van der Waals surface area contributed by atoms with E-state index in [0.29, 0.717) is 5.82 Å². The summed E-state index contributed by atoms with van der Waals surface area (Å²) in [5.41, 5.74) is 4.24. The summed E-state index contributed by atoms with van der Waals surface area (Å²) in [5, 5.41) is 5.50. The second-order valence-electron chi connectivity index (χ2n) is 5.79. The Labute approximate surface area is 144 Å². The highest BCUT2D eigenvalue weighted by atomic mass is 16.5. The predicted molar refractivity (Wildman–Crippen MR) is 97.5 cm³/mol. The number of aromatic nitrogens is 5. The highest BCUT2D eigenvalue weighted by Crippen LogP contribution is 2.25. The van der Waals surface area contributed by atoms with E-state index in [1.54, 1.807) is 17.8 Å². The minimum Gasteiger partial charge on any atom is -0.496 e. The van der Waals surface area contributed by atoms with Crippen LogP contribution in [0.25, 0.3) is 28.7 Å². The lowest BCUT2D eigenvalue weighted by Gasteiger charge is -2.06. The van der Waals surface area contributed by atoms with Gasteiger partial charge in [-0.05, 0) is 38.1 Å².